The summed E-state index contributed by atoms with van der Waals surface area (Å²) in [6.45, 7) is 4.03. The maximum Gasteiger partial charge on any atom is 0.232 e. The van der Waals surface area contributed by atoms with E-state index >= 15 is 0 Å². The van der Waals surface area contributed by atoms with Crippen LogP contribution in [0.5, 0.6) is 17.2 Å². The fourth-order valence-electron chi connectivity index (χ4n) is 4.97. The molecule has 7 heteroatoms. The molecule has 1 amide bonds. The highest BCUT2D eigenvalue weighted by Crippen LogP contribution is 2.52. The van der Waals surface area contributed by atoms with E-state index in [1.165, 1.54) is 33.5 Å². The van der Waals surface area contributed by atoms with Crippen molar-refractivity contribution in [2.45, 2.75) is 39.0 Å². The summed E-state index contributed by atoms with van der Waals surface area (Å²) in [5.74, 6) is 0.327. The molecule has 0 spiro atoms. The first-order chi connectivity index (χ1) is 15.7. The average molecular weight is 454 g/mol. The number of hydrogen-bond acceptors (Lipinski definition) is 5. The first-order valence-electron chi connectivity index (χ1n) is 10.8. The molecule has 6 nitrogen and oxygen atoms in total. The molecule has 0 unspecified atom stereocenters. The van der Waals surface area contributed by atoms with Gasteiger partial charge in [0, 0.05) is 41.3 Å². The monoisotopic (exact) mass is 453 g/mol. The van der Waals surface area contributed by atoms with E-state index < -0.39 is 5.92 Å². The highest BCUT2D eigenvalue weighted by molar-refractivity contribution is 6.08. The largest absolute Gasteiger partial charge is 0.493 e. The van der Waals surface area contributed by atoms with Crippen LogP contribution in [0.2, 0.25) is 0 Å². The number of carbonyl (C=O) groups excluding carboxylic acids is 2. The van der Waals surface area contributed by atoms with Crippen molar-refractivity contribution < 1.29 is 28.2 Å². The highest BCUT2D eigenvalue weighted by Gasteiger charge is 2.45. The minimum atomic E-state index is -0.484. The number of methoxy groups -OCH3 is 3. The molecule has 0 saturated carbocycles. The van der Waals surface area contributed by atoms with Crippen molar-refractivity contribution >= 4 is 17.4 Å². The Kier molecular flexibility index (Phi) is 5.91. The molecule has 1 heterocycles. The van der Waals surface area contributed by atoms with Gasteiger partial charge in [0.15, 0.2) is 17.3 Å². The second kappa shape index (κ2) is 8.54. The summed E-state index contributed by atoms with van der Waals surface area (Å²) in [5, 5.41) is 0. The Morgan fingerprint density at radius 3 is 2.18 bits per heavy atom. The number of rotatable bonds is 5. The molecule has 0 fully saturated rings. The molecular formula is C26H28FNO5. The van der Waals surface area contributed by atoms with Gasteiger partial charge >= 0.3 is 0 Å². The number of nitrogens with zero attached hydrogens (tertiary/aromatic N) is 1. The van der Waals surface area contributed by atoms with Crippen LogP contribution in [0.4, 0.5) is 10.1 Å². The van der Waals surface area contributed by atoms with E-state index in [0.29, 0.717) is 52.6 Å². The number of halogens is 1. The molecule has 0 saturated heterocycles. The predicted octanol–water partition coefficient (Wildman–Crippen LogP) is 5.02. The Morgan fingerprint density at radius 2 is 1.58 bits per heavy atom. The first kappa shape index (κ1) is 22.8. The minimum Gasteiger partial charge on any atom is -0.493 e. The van der Waals surface area contributed by atoms with E-state index in [-0.39, 0.29) is 29.3 Å². The number of ketones is 1. The number of ether oxygens (including phenoxy) is 3. The normalized spacial score (nSPS) is 19.9. The lowest BCUT2D eigenvalue weighted by Crippen LogP contribution is -2.43. The average Bonchev–Trinajstić information content (AvgIpc) is 2.77. The zero-order chi connectivity index (χ0) is 23.9. The summed E-state index contributed by atoms with van der Waals surface area (Å²) in [4.78, 5) is 28.6. The quantitative estimate of drug-likeness (QED) is 0.636. The summed E-state index contributed by atoms with van der Waals surface area (Å²) in [7, 11) is 4.58. The molecule has 0 radical (unpaired) electrons. The summed E-state index contributed by atoms with van der Waals surface area (Å²) in [6, 6.07) is 9.36. The van der Waals surface area contributed by atoms with E-state index in [0.717, 1.165) is 0 Å². The van der Waals surface area contributed by atoms with Crippen molar-refractivity contribution in [3.63, 3.8) is 0 Å². The number of amides is 1. The van der Waals surface area contributed by atoms with Gasteiger partial charge in [-0.15, -0.1) is 0 Å². The number of allylic oxidation sites excluding steroid dienone is 2. The number of carbonyl (C=O) groups is 2. The predicted molar refractivity (Wildman–Crippen MR) is 122 cm³/mol. The fraction of sp³-hybridized carbons (Fsp3) is 0.385. The van der Waals surface area contributed by atoms with Crippen molar-refractivity contribution in [1.29, 1.82) is 0 Å². The smallest absolute Gasteiger partial charge is 0.232 e. The molecule has 0 aromatic heterocycles. The van der Waals surface area contributed by atoms with E-state index in [1.54, 1.807) is 23.1 Å². The first-order valence-corrected chi connectivity index (χ1v) is 10.8. The van der Waals surface area contributed by atoms with E-state index in [2.05, 4.69) is 0 Å². The number of anilines is 1. The van der Waals surface area contributed by atoms with Crippen molar-refractivity contribution in [2.24, 2.45) is 5.41 Å². The molecule has 1 aliphatic heterocycles. The van der Waals surface area contributed by atoms with Crippen molar-refractivity contribution in [3.8, 4) is 17.2 Å². The molecule has 1 aliphatic carbocycles. The van der Waals surface area contributed by atoms with Crippen LogP contribution in [-0.4, -0.2) is 33.0 Å². The van der Waals surface area contributed by atoms with Gasteiger partial charge in [0.2, 0.25) is 11.7 Å². The van der Waals surface area contributed by atoms with Crippen LogP contribution in [0.3, 0.4) is 0 Å². The Morgan fingerprint density at radius 1 is 0.909 bits per heavy atom. The Balaban J connectivity index is 1.94. The number of hydrogen-bond donors (Lipinski definition) is 0. The topological polar surface area (TPSA) is 65.1 Å². The lowest BCUT2D eigenvalue weighted by atomic mass is 9.69. The van der Waals surface area contributed by atoms with Crippen LogP contribution in [0.1, 0.15) is 44.6 Å². The molecule has 1 atom stereocenters. The van der Waals surface area contributed by atoms with Gasteiger partial charge in [-0.25, -0.2) is 4.39 Å². The highest BCUT2D eigenvalue weighted by atomic mass is 19.1. The lowest BCUT2D eigenvalue weighted by molar-refractivity contribution is -0.121. The van der Waals surface area contributed by atoms with E-state index in [4.69, 9.17) is 14.2 Å². The maximum atomic E-state index is 13.6. The third-order valence-electron chi connectivity index (χ3n) is 6.34. The minimum absolute atomic E-state index is 0.00250. The molecule has 174 valence electrons. The van der Waals surface area contributed by atoms with Gasteiger partial charge in [0.1, 0.15) is 5.82 Å². The van der Waals surface area contributed by atoms with Crippen molar-refractivity contribution in [1.82, 2.24) is 0 Å². The van der Waals surface area contributed by atoms with Gasteiger partial charge in [-0.3, -0.25) is 14.5 Å². The number of Topliss-reactive ketones (excluding diaryl/α,β-unsaturated/α-hetero) is 1. The summed E-state index contributed by atoms with van der Waals surface area (Å²) >= 11 is 0. The van der Waals surface area contributed by atoms with Crippen LogP contribution in [0, 0.1) is 11.2 Å². The second-order valence-corrected chi connectivity index (χ2v) is 9.19. The molecule has 2 aliphatic rings. The molecule has 2 aromatic carbocycles. The summed E-state index contributed by atoms with van der Waals surface area (Å²) in [6.07, 6.45) is 1.00. The van der Waals surface area contributed by atoms with Crippen molar-refractivity contribution in [2.75, 3.05) is 26.2 Å². The van der Waals surface area contributed by atoms with E-state index in [1.807, 2.05) is 19.9 Å². The van der Waals surface area contributed by atoms with Crippen molar-refractivity contribution in [3.05, 3.63) is 59.0 Å². The third kappa shape index (κ3) is 3.96. The summed E-state index contributed by atoms with van der Waals surface area (Å²) in [5.41, 5.74) is 2.21. The Bertz CT molecular complexity index is 1140. The zero-order valence-corrected chi connectivity index (χ0v) is 19.5. The standard InChI is InChI=1S/C26H28FNO5/c1-26(2)13-19-23(20(29)14-26)18(12-22(30)28(19)16-8-6-15(27)7-9-16)17-10-11-21(31-3)25(33-5)24(17)32-4/h6-11,18H,12-14H2,1-5H3/t18-/m1/s1. The van der Waals surface area contributed by atoms with Crippen LogP contribution in [-0.2, 0) is 9.59 Å². The summed E-state index contributed by atoms with van der Waals surface area (Å²) < 4.78 is 30.2. The lowest BCUT2D eigenvalue weighted by Gasteiger charge is -2.43. The number of benzene rings is 2. The molecule has 2 aromatic rings. The fourth-order valence-corrected chi connectivity index (χ4v) is 4.97. The molecule has 4 rings (SSSR count). The molecule has 0 N–H and O–H groups in total. The van der Waals surface area contributed by atoms with E-state index in [9.17, 15) is 14.0 Å². The Hall–Kier alpha value is -3.35. The molecule has 33 heavy (non-hydrogen) atoms. The van der Waals surface area contributed by atoms with Gasteiger partial charge in [0.25, 0.3) is 0 Å². The van der Waals surface area contributed by atoms with Crippen LogP contribution in [0.15, 0.2) is 47.7 Å². The maximum absolute atomic E-state index is 13.6. The SMILES string of the molecule is COc1ccc([C@H]2CC(=O)N(c3ccc(F)cc3)C3=C2C(=O)CC(C)(C)C3)c(OC)c1OC. The van der Waals surface area contributed by atoms with Gasteiger partial charge < -0.3 is 14.2 Å². The molecule has 0 bridgehead atoms. The van der Waals surface area contributed by atoms with Crippen LogP contribution < -0.4 is 19.1 Å². The van der Waals surface area contributed by atoms with Gasteiger partial charge in [-0.05, 0) is 42.2 Å². The van der Waals surface area contributed by atoms with Crippen LogP contribution >= 0.6 is 0 Å². The zero-order valence-electron chi connectivity index (χ0n) is 19.5. The second-order valence-electron chi connectivity index (χ2n) is 9.19. The van der Waals surface area contributed by atoms with Gasteiger partial charge in [-0.2, -0.15) is 0 Å². The van der Waals surface area contributed by atoms with Gasteiger partial charge in [0.05, 0.1) is 21.3 Å². The van der Waals surface area contributed by atoms with Gasteiger partial charge in [-0.1, -0.05) is 19.9 Å². The molecular weight excluding hydrogens is 425 g/mol. The van der Waals surface area contributed by atoms with Crippen LogP contribution in [0.25, 0.3) is 0 Å². The third-order valence-corrected chi connectivity index (χ3v) is 6.34. The Labute approximate surface area is 192 Å².